The summed E-state index contributed by atoms with van der Waals surface area (Å²) in [7, 11) is 0. The maximum atomic E-state index is 11.9. The van der Waals surface area contributed by atoms with Crippen LogP contribution in [0, 0.1) is 0 Å². The maximum absolute atomic E-state index is 11.9. The molecule has 0 aromatic rings. The summed E-state index contributed by atoms with van der Waals surface area (Å²) < 4.78 is 9.97. The molecular weight excluding hydrogens is 276 g/mol. The van der Waals surface area contributed by atoms with Crippen LogP contribution >= 0.6 is 0 Å². The minimum absolute atomic E-state index is 0.0359. The molecule has 1 saturated heterocycles. The van der Waals surface area contributed by atoms with Gasteiger partial charge in [0, 0.05) is 19.0 Å². The van der Waals surface area contributed by atoms with Gasteiger partial charge in [-0.25, -0.2) is 4.79 Å². The van der Waals surface area contributed by atoms with Gasteiger partial charge in [-0.15, -0.1) is 0 Å². The van der Waals surface area contributed by atoms with Crippen LogP contribution in [0.15, 0.2) is 0 Å². The van der Waals surface area contributed by atoms with E-state index in [0.29, 0.717) is 19.6 Å². The number of piperidine rings is 1. The number of rotatable bonds is 4. The van der Waals surface area contributed by atoms with Gasteiger partial charge < -0.3 is 19.7 Å². The third kappa shape index (κ3) is 6.46. The van der Waals surface area contributed by atoms with Crippen molar-refractivity contribution in [3.63, 3.8) is 0 Å². The summed E-state index contributed by atoms with van der Waals surface area (Å²) in [5.74, 6) is -0.584. The van der Waals surface area contributed by atoms with E-state index in [1.54, 1.807) is 27.7 Å². The molecule has 1 fully saturated rings. The molecule has 1 rings (SSSR count). The fourth-order valence-electron chi connectivity index (χ4n) is 2.01. The number of nitrogens with one attached hydrogen (secondary N) is 1. The summed E-state index contributed by atoms with van der Waals surface area (Å²) in [6.07, 6.45) is 0.224. The molecule has 0 bridgehead atoms. The minimum atomic E-state index is -0.571. The Morgan fingerprint density at radius 1 is 1.38 bits per heavy atom. The Kier molecular flexibility index (Phi) is 5.99. The molecule has 1 aliphatic heterocycles. The second-order valence-electron chi connectivity index (χ2n) is 5.96. The molecule has 7 nitrogen and oxygen atoms in total. The topological polar surface area (TPSA) is 84.9 Å². The molecule has 21 heavy (non-hydrogen) atoms. The Morgan fingerprint density at radius 2 is 2.05 bits per heavy atom. The lowest BCUT2D eigenvalue weighted by atomic mass is 10.0. The van der Waals surface area contributed by atoms with Gasteiger partial charge in [0.1, 0.15) is 12.1 Å². The molecule has 1 heterocycles. The highest BCUT2D eigenvalue weighted by Gasteiger charge is 2.29. The lowest BCUT2D eigenvalue weighted by Gasteiger charge is -2.31. The molecular formula is C14H24N2O5. The summed E-state index contributed by atoms with van der Waals surface area (Å²) in [5.41, 5.74) is -0.571. The van der Waals surface area contributed by atoms with Gasteiger partial charge in [0.05, 0.1) is 6.61 Å². The van der Waals surface area contributed by atoms with Gasteiger partial charge in [-0.05, 0) is 34.1 Å². The molecule has 1 N–H and O–H groups in total. The van der Waals surface area contributed by atoms with E-state index in [-0.39, 0.29) is 24.9 Å². The quantitative estimate of drug-likeness (QED) is 0.785. The highest BCUT2D eigenvalue weighted by atomic mass is 16.6. The molecule has 0 aromatic heterocycles. The smallest absolute Gasteiger partial charge is 0.407 e. The van der Waals surface area contributed by atoms with Crippen LogP contribution in [0.1, 0.15) is 40.5 Å². The molecule has 0 saturated carbocycles. The van der Waals surface area contributed by atoms with E-state index in [9.17, 15) is 14.4 Å². The van der Waals surface area contributed by atoms with Crippen LogP contribution in [0.5, 0.6) is 0 Å². The first-order valence-corrected chi connectivity index (χ1v) is 7.14. The third-order valence-electron chi connectivity index (χ3n) is 2.87. The molecule has 1 unspecified atom stereocenters. The molecule has 0 aromatic carbocycles. The number of hydrogen-bond donors (Lipinski definition) is 1. The summed E-state index contributed by atoms with van der Waals surface area (Å²) in [5, 5.41) is 2.68. The number of esters is 1. The lowest BCUT2D eigenvalue weighted by Crippen LogP contribution is -2.49. The molecule has 0 radical (unpaired) electrons. The van der Waals surface area contributed by atoms with E-state index in [1.165, 1.54) is 4.90 Å². The van der Waals surface area contributed by atoms with E-state index in [1.807, 2.05) is 0 Å². The van der Waals surface area contributed by atoms with Gasteiger partial charge in [-0.1, -0.05) is 0 Å². The number of hydrogen-bond acceptors (Lipinski definition) is 5. The van der Waals surface area contributed by atoms with E-state index in [2.05, 4.69) is 5.32 Å². The zero-order chi connectivity index (χ0) is 16.0. The van der Waals surface area contributed by atoms with Crippen molar-refractivity contribution in [2.45, 2.75) is 52.2 Å². The van der Waals surface area contributed by atoms with Crippen molar-refractivity contribution in [2.24, 2.45) is 0 Å². The molecule has 0 aliphatic carbocycles. The van der Waals surface area contributed by atoms with Crippen molar-refractivity contribution in [3.8, 4) is 0 Å². The van der Waals surface area contributed by atoms with Crippen LogP contribution in [-0.2, 0) is 19.1 Å². The van der Waals surface area contributed by atoms with Gasteiger partial charge >= 0.3 is 12.1 Å². The maximum Gasteiger partial charge on any atom is 0.407 e. The fraction of sp³-hybridized carbons (Fsp3) is 0.786. The Hall–Kier alpha value is -1.79. The zero-order valence-corrected chi connectivity index (χ0v) is 13.1. The summed E-state index contributed by atoms with van der Waals surface area (Å²) >= 11 is 0. The minimum Gasteiger partial charge on any atom is -0.465 e. The van der Waals surface area contributed by atoms with Crippen molar-refractivity contribution in [1.82, 2.24) is 10.2 Å². The first-order chi connectivity index (χ1) is 9.71. The number of likely N-dealkylation sites (tertiary alicyclic amines) is 1. The van der Waals surface area contributed by atoms with Crippen LogP contribution < -0.4 is 5.32 Å². The van der Waals surface area contributed by atoms with Crippen LogP contribution in [0.4, 0.5) is 4.79 Å². The summed E-state index contributed by atoms with van der Waals surface area (Å²) in [6, 6.07) is -0.259. The SMILES string of the molecule is CCOC(=O)CN1CCC(NC(=O)OC(C)(C)C)CC1=O. The number of alkyl carbamates (subject to hydrolysis) is 1. The van der Waals surface area contributed by atoms with Gasteiger partial charge in [0.25, 0.3) is 0 Å². The molecule has 1 atom stereocenters. The van der Waals surface area contributed by atoms with Crippen molar-refractivity contribution < 1.29 is 23.9 Å². The van der Waals surface area contributed by atoms with E-state index < -0.39 is 17.7 Å². The first kappa shape index (κ1) is 17.3. The lowest BCUT2D eigenvalue weighted by molar-refractivity contribution is -0.150. The van der Waals surface area contributed by atoms with Crippen LogP contribution in [-0.4, -0.2) is 54.2 Å². The van der Waals surface area contributed by atoms with Crippen LogP contribution in [0.25, 0.3) is 0 Å². The van der Waals surface area contributed by atoms with E-state index >= 15 is 0 Å². The van der Waals surface area contributed by atoms with Crippen molar-refractivity contribution >= 4 is 18.0 Å². The Bertz CT molecular complexity index is 403. The third-order valence-corrected chi connectivity index (χ3v) is 2.87. The monoisotopic (exact) mass is 300 g/mol. The molecule has 1 aliphatic rings. The molecule has 2 amide bonds. The van der Waals surface area contributed by atoms with Crippen molar-refractivity contribution in [2.75, 3.05) is 19.7 Å². The normalized spacial score (nSPS) is 19.1. The number of amides is 2. The fourth-order valence-corrected chi connectivity index (χ4v) is 2.01. The van der Waals surface area contributed by atoms with Crippen LogP contribution in [0.3, 0.4) is 0 Å². The second-order valence-corrected chi connectivity index (χ2v) is 5.96. The second kappa shape index (κ2) is 7.28. The van der Waals surface area contributed by atoms with Crippen molar-refractivity contribution in [1.29, 1.82) is 0 Å². The predicted molar refractivity (Wildman–Crippen MR) is 75.6 cm³/mol. The van der Waals surface area contributed by atoms with Gasteiger partial charge in [0.15, 0.2) is 0 Å². The van der Waals surface area contributed by atoms with Crippen LogP contribution in [0.2, 0.25) is 0 Å². The van der Waals surface area contributed by atoms with Crippen molar-refractivity contribution in [3.05, 3.63) is 0 Å². The molecule has 7 heteroatoms. The average molecular weight is 300 g/mol. The predicted octanol–water partition coefficient (Wildman–Crippen LogP) is 1.07. The number of carbonyl (C=O) groups excluding carboxylic acids is 3. The zero-order valence-electron chi connectivity index (χ0n) is 13.1. The van der Waals surface area contributed by atoms with Gasteiger partial charge in [0.2, 0.25) is 5.91 Å². The highest BCUT2D eigenvalue weighted by Crippen LogP contribution is 2.13. The molecule has 0 spiro atoms. The highest BCUT2D eigenvalue weighted by molar-refractivity contribution is 5.83. The van der Waals surface area contributed by atoms with Gasteiger partial charge in [-0.3, -0.25) is 9.59 Å². The Morgan fingerprint density at radius 3 is 2.57 bits per heavy atom. The molecule has 120 valence electrons. The number of ether oxygens (including phenoxy) is 2. The number of nitrogens with zero attached hydrogens (tertiary/aromatic N) is 1. The Balaban J connectivity index is 2.40. The largest absolute Gasteiger partial charge is 0.465 e. The van der Waals surface area contributed by atoms with Gasteiger partial charge in [-0.2, -0.15) is 0 Å². The standard InChI is InChI=1S/C14H24N2O5/c1-5-20-12(18)9-16-7-6-10(8-11(16)17)15-13(19)21-14(2,3)4/h10H,5-9H2,1-4H3,(H,15,19). The summed E-state index contributed by atoms with van der Waals surface area (Å²) in [6.45, 7) is 7.73. The van der Waals surface area contributed by atoms with E-state index in [0.717, 1.165) is 0 Å². The number of carbonyl (C=O) groups is 3. The summed E-state index contributed by atoms with van der Waals surface area (Å²) in [4.78, 5) is 36.4. The Labute approximate surface area is 124 Å². The first-order valence-electron chi connectivity index (χ1n) is 7.14. The average Bonchev–Trinajstić information content (AvgIpc) is 2.30. The van der Waals surface area contributed by atoms with E-state index in [4.69, 9.17) is 9.47 Å².